The SMILES string of the molecule is COC(=O)C(Oc1c2ccccc2c(OC(C(=O)OC)C(C)C2CCCCC2)c2cc(Cl)ccc12)C(C)C1CCCCC1. The number of esters is 2. The zero-order chi connectivity index (χ0) is 30.5. The predicted molar refractivity (Wildman–Crippen MR) is 171 cm³/mol. The highest BCUT2D eigenvalue weighted by Crippen LogP contribution is 2.46. The van der Waals surface area contributed by atoms with Crippen molar-refractivity contribution >= 4 is 45.1 Å². The molecule has 0 aliphatic heterocycles. The van der Waals surface area contributed by atoms with Gasteiger partial charge >= 0.3 is 11.9 Å². The molecule has 4 atom stereocenters. The van der Waals surface area contributed by atoms with Crippen LogP contribution in [-0.2, 0) is 19.1 Å². The molecule has 7 heteroatoms. The number of ether oxygens (including phenoxy) is 4. The Morgan fingerprint density at radius 3 is 1.51 bits per heavy atom. The maximum atomic E-state index is 13.2. The van der Waals surface area contributed by atoms with Crippen molar-refractivity contribution < 1.29 is 28.5 Å². The van der Waals surface area contributed by atoms with Crippen LogP contribution in [0.2, 0.25) is 5.02 Å². The number of rotatable bonds is 10. The van der Waals surface area contributed by atoms with Gasteiger partial charge in [0.1, 0.15) is 11.5 Å². The van der Waals surface area contributed by atoms with E-state index in [1.807, 2.05) is 42.5 Å². The van der Waals surface area contributed by atoms with E-state index >= 15 is 0 Å². The molecule has 4 unspecified atom stereocenters. The number of fused-ring (bicyclic) bond motifs is 2. The molecule has 2 aliphatic carbocycles. The molecule has 43 heavy (non-hydrogen) atoms. The molecule has 2 saturated carbocycles. The fraction of sp³-hybridized carbons (Fsp3) is 0.556. The number of carbonyl (C=O) groups is 2. The Balaban J connectivity index is 1.62. The number of benzene rings is 3. The highest BCUT2D eigenvalue weighted by molar-refractivity contribution is 6.31. The molecule has 0 saturated heterocycles. The van der Waals surface area contributed by atoms with Crippen LogP contribution in [0.3, 0.4) is 0 Å². The fourth-order valence-corrected chi connectivity index (χ4v) is 7.54. The van der Waals surface area contributed by atoms with Crippen molar-refractivity contribution in [3.8, 4) is 11.5 Å². The molecule has 2 aliphatic rings. The Morgan fingerprint density at radius 2 is 1.07 bits per heavy atom. The second kappa shape index (κ2) is 14.2. The van der Waals surface area contributed by atoms with Crippen LogP contribution in [0.4, 0.5) is 0 Å². The van der Waals surface area contributed by atoms with Gasteiger partial charge in [-0.15, -0.1) is 0 Å². The van der Waals surface area contributed by atoms with E-state index in [1.165, 1.54) is 39.9 Å². The van der Waals surface area contributed by atoms with E-state index in [-0.39, 0.29) is 23.8 Å². The van der Waals surface area contributed by atoms with E-state index in [0.717, 1.165) is 60.1 Å². The summed E-state index contributed by atoms with van der Waals surface area (Å²) in [4.78, 5) is 26.5. The van der Waals surface area contributed by atoms with Gasteiger partial charge in [0.25, 0.3) is 0 Å². The van der Waals surface area contributed by atoms with Crippen LogP contribution in [0.1, 0.15) is 78.1 Å². The van der Waals surface area contributed by atoms with Crippen molar-refractivity contribution in [2.75, 3.05) is 14.2 Å². The van der Waals surface area contributed by atoms with E-state index in [4.69, 9.17) is 30.5 Å². The molecule has 0 radical (unpaired) electrons. The predicted octanol–water partition coefficient (Wildman–Crippen LogP) is 8.92. The van der Waals surface area contributed by atoms with Gasteiger partial charge in [-0.2, -0.15) is 0 Å². The molecule has 5 rings (SSSR count). The van der Waals surface area contributed by atoms with Gasteiger partial charge in [0, 0.05) is 38.4 Å². The minimum atomic E-state index is -0.778. The van der Waals surface area contributed by atoms with E-state index in [1.54, 1.807) is 0 Å². The maximum Gasteiger partial charge on any atom is 0.347 e. The summed E-state index contributed by atoms with van der Waals surface area (Å²) < 4.78 is 24.1. The summed E-state index contributed by atoms with van der Waals surface area (Å²) in [5, 5.41) is 3.60. The molecule has 0 bridgehead atoms. The van der Waals surface area contributed by atoms with Crippen molar-refractivity contribution in [2.24, 2.45) is 23.7 Å². The maximum absolute atomic E-state index is 13.2. The van der Waals surface area contributed by atoms with Gasteiger partial charge in [0.2, 0.25) is 0 Å². The molecule has 0 amide bonds. The Morgan fingerprint density at radius 1 is 0.651 bits per heavy atom. The van der Waals surface area contributed by atoms with Crippen LogP contribution in [0, 0.1) is 23.7 Å². The van der Waals surface area contributed by atoms with Crippen molar-refractivity contribution in [1.29, 1.82) is 0 Å². The summed E-state index contributed by atoms with van der Waals surface area (Å²) in [5.74, 6) is 1.09. The van der Waals surface area contributed by atoms with Gasteiger partial charge in [-0.25, -0.2) is 9.59 Å². The minimum absolute atomic E-state index is 0.0233. The number of hydrogen-bond donors (Lipinski definition) is 0. The van der Waals surface area contributed by atoms with Gasteiger partial charge in [-0.05, 0) is 30.0 Å². The van der Waals surface area contributed by atoms with Crippen molar-refractivity contribution in [3.63, 3.8) is 0 Å². The van der Waals surface area contributed by atoms with Crippen molar-refractivity contribution in [3.05, 3.63) is 47.5 Å². The molecule has 3 aromatic carbocycles. The molecule has 6 nitrogen and oxygen atoms in total. The lowest BCUT2D eigenvalue weighted by molar-refractivity contribution is -0.153. The largest absolute Gasteiger partial charge is 0.477 e. The standard InChI is InChI=1S/C36H45ClO6/c1-22(24-13-7-5-8-14-24)31(35(38)40-3)42-33-27-17-11-12-18-28(27)34(30-21-26(37)19-20-29(30)33)43-32(36(39)41-4)23(2)25-15-9-6-10-16-25/h11-12,17-25,31-32H,5-10,13-16H2,1-4H3. The third kappa shape index (κ3) is 6.74. The zero-order valence-electron chi connectivity index (χ0n) is 25.9. The van der Waals surface area contributed by atoms with Crippen molar-refractivity contribution in [2.45, 2.75) is 90.3 Å². The number of methoxy groups -OCH3 is 2. The summed E-state index contributed by atoms with van der Waals surface area (Å²) in [5.41, 5.74) is 0. The van der Waals surface area contributed by atoms with Gasteiger partial charge in [-0.1, -0.05) is 114 Å². The van der Waals surface area contributed by atoms with Crippen LogP contribution in [0.25, 0.3) is 21.5 Å². The van der Waals surface area contributed by atoms with Crippen molar-refractivity contribution in [1.82, 2.24) is 0 Å². The average Bonchev–Trinajstić information content (AvgIpc) is 3.05. The first-order valence-electron chi connectivity index (χ1n) is 16.0. The molecule has 3 aromatic rings. The Labute approximate surface area is 260 Å². The Kier molecular flexibility index (Phi) is 10.4. The third-order valence-electron chi connectivity index (χ3n) is 9.99. The normalized spacial score (nSPS) is 19.4. The average molecular weight is 609 g/mol. The van der Waals surface area contributed by atoms with Gasteiger partial charge in [0.15, 0.2) is 12.2 Å². The first kappa shape index (κ1) is 31.4. The van der Waals surface area contributed by atoms with Crippen LogP contribution in [0.15, 0.2) is 42.5 Å². The zero-order valence-corrected chi connectivity index (χ0v) is 26.7. The second-order valence-corrected chi connectivity index (χ2v) is 13.0. The van der Waals surface area contributed by atoms with Gasteiger partial charge in [-0.3, -0.25) is 0 Å². The lowest BCUT2D eigenvalue weighted by atomic mass is 9.78. The summed E-state index contributed by atoms with van der Waals surface area (Å²) in [7, 11) is 2.83. The lowest BCUT2D eigenvalue weighted by Crippen LogP contribution is -2.39. The molecule has 2 fully saturated rings. The summed E-state index contributed by atoms with van der Waals surface area (Å²) in [6.07, 6.45) is 9.89. The molecular weight excluding hydrogens is 564 g/mol. The highest BCUT2D eigenvalue weighted by atomic mass is 35.5. The number of halogens is 1. The molecule has 0 N–H and O–H groups in total. The third-order valence-corrected chi connectivity index (χ3v) is 10.2. The minimum Gasteiger partial charge on any atom is -0.477 e. The smallest absolute Gasteiger partial charge is 0.347 e. The van der Waals surface area contributed by atoms with E-state index < -0.39 is 12.2 Å². The van der Waals surface area contributed by atoms with E-state index in [2.05, 4.69) is 13.8 Å². The van der Waals surface area contributed by atoms with Crippen LogP contribution in [-0.4, -0.2) is 38.4 Å². The van der Waals surface area contributed by atoms with E-state index in [0.29, 0.717) is 28.4 Å². The summed E-state index contributed by atoms with van der Waals surface area (Å²) in [6.45, 7) is 4.20. The quantitative estimate of drug-likeness (QED) is 0.169. The second-order valence-electron chi connectivity index (χ2n) is 12.5. The molecule has 232 valence electrons. The fourth-order valence-electron chi connectivity index (χ4n) is 7.37. The number of carbonyl (C=O) groups excluding carboxylic acids is 2. The summed E-state index contributed by atoms with van der Waals surface area (Å²) in [6, 6.07) is 13.4. The lowest BCUT2D eigenvalue weighted by Gasteiger charge is -2.34. The first-order valence-corrected chi connectivity index (χ1v) is 16.3. The first-order chi connectivity index (χ1) is 20.8. The Bertz CT molecular complexity index is 1420. The molecule has 0 aromatic heterocycles. The van der Waals surface area contributed by atoms with Gasteiger partial charge in [0.05, 0.1) is 14.2 Å². The topological polar surface area (TPSA) is 71.1 Å². The van der Waals surface area contributed by atoms with E-state index in [9.17, 15) is 9.59 Å². The van der Waals surface area contributed by atoms with Crippen LogP contribution in [0.5, 0.6) is 11.5 Å². The monoisotopic (exact) mass is 608 g/mol. The number of hydrogen-bond acceptors (Lipinski definition) is 6. The van der Waals surface area contributed by atoms with Crippen LogP contribution >= 0.6 is 11.6 Å². The highest BCUT2D eigenvalue weighted by Gasteiger charge is 2.37. The van der Waals surface area contributed by atoms with Crippen LogP contribution < -0.4 is 9.47 Å². The molecular formula is C36H45ClO6. The summed E-state index contributed by atoms with van der Waals surface area (Å²) >= 11 is 6.57. The van der Waals surface area contributed by atoms with Gasteiger partial charge < -0.3 is 18.9 Å². The molecule has 0 spiro atoms. The Hall–Kier alpha value is -2.99. The molecule has 0 heterocycles.